The Hall–Kier alpha value is -1.06. The van der Waals surface area contributed by atoms with Crippen molar-refractivity contribution in [1.29, 1.82) is 0 Å². The molecule has 1 aliphatic rings. The average molecular weight is 221 g/mol. The molecule has 2 N–H and O–H groups in total. The zero-order chi connectivity index (χ0) is 11.5. The fraction of sp³-hybridized carbons (Fsp3) is 0.538. The molecule has 2 rings (SSSR count). The van der Waals surface area contributed by atoms with E-state index in [1.807, 2.05) is 18.2 Å². The smallest absolute Gasteiger partial charge is 0.115 e. The fourth-order valence-electron chi connectivity index (χ4n) is 2.14. The molecule has 0 amide bonds. The molecule has 88 valence electrons. The Balaban J connectivity index is 1.87. The zero-order valence-corrected chi connectivity index (χ0v) is 9.81. The molecule has 16 heavy (non-hydrogen) atoms. The Labute approximate surface area is 96.4 Å². The summed E-state index contributed by atoms with van der Waals surface area (Å²) in [5.41, 5.74) is 1.13. The molecular weight excluding hydrogens is 202 g/mol. The third-order valence-electron chi connectivity index (χ3n) is 3.28. The van der Waals surface area contributed by atoms with Crippen LogP contribution in [0.3, 0.4) is 0 Å². The molecule has 1 atom stereocenters. The second-order valence-electron chi connectivity index (χ2n) is 4.51. The van der Waals surface area contributed by atoms with Crippen LogP contribution in [0.15, 0.2) is 24.3 Å². The summed E-state index contributed by atoms with van der Waals surface area (Å²) in [6, 6.07) is 8.23. The van der Waals surface area contributed by atoms with E-state index in [4.69, 9.17) is 4.74 Å². The van der Waals surface area contributed by atoms with E-state index >= 15 is 0 Å². The van der Waals surface area contributed by atoms with Gasteiger partial charge in [-0.25, -0.2) is 0 Å². The standard InChI is InChI=1S/C13H19NO2/c1-9(10-4-3-5-12(15)6-10)14-11-7-13(8-11)16-2/h3-6,9,11,13-15H,7-8H2,1-2H3. The molecule has 1 aliphatic carbocycles. The third kappa shape index (κ3) is 2.54. The van der Waals surface area contributed by atoms with Crippen molar-refractivity contribution in [3.8, 4) is 5.75 Å². The van der Waals surface area contributed by atoms with Gasteiger partial charge < -0.3 is 15.2 Å². The molecule has 3 heteroatoms. The van der Waals surface area contributed by atoms with Crippen LogP contribution < -0.4 is 5.32 Å². The van der Waals surface area contributed by atoms with Crippen LogP contribution in [0.2, 0.25) is 0 Å². The number of benzene rings is 1. The Morgan fingerprint density at radius 3 is 2.81 bits per heavy atom. The first-order valence-electron chi connectivity index (χ1n) is 5.77. The third-order valence-corrected chi connectivity index (χ3v) is 3.28. The summed E-state index contributed by atoms with van der Waals surface area (Å²) in [5, 5.41) is 12.9. The molecule has 0 aliphatic heterocycles. The summed E-state index contributed by atoms with van der Waals surface area (Å²) in [6.45, 7) is 2.12. The minimum Gasteiger partial charge on any atom is -0.508 e. The lowest BCUT2D eigenvalue weighted by atomic mass is 9.88. The van der Waals surface area contributed by atoms with Crippen LogP contribution in [-0.2, 0) is 4.74 Å². The fourth-order valence-corrected chi connectivity index (χ4v) is 2.14. The summed E-state index contributed by atoms with van der Waals surface area (Å²) in [7, 11) is 1.76. The van der Waals surface area contributed by atoms with Gasteiger partial charge in [-0.1, -0.05) is 12.1 Å². The lowest BCUT2D eigenvalue weighted by molar-refractivity contribution is 0.0147. The zero-order valence-electron chi connectivity index (χ0n) is 9.81. The van der Waals surface area contributed by atoms with Crippen LogP contribution in [-0.4, -0.2) is 24.4 Å². The van der Waals surface area contributed by atoms with Crippen molar-refractivity contribution in [2.75, 3.05) is 7.11 Å². The van der Waals surface area contributed by atoms with Crippen molar-refractivity contribution in [3.05, 3.63) is 29.8 Å². The Morgan fingerprint density at radius 1 is 1.44 bits per heavy atom. The number of ether oxygens (including phenoxy) is 1. The number of aromatic hydroxyl groups is 1. The number of nitrogens with one attached hydrogen (secondary N) is 1. The van der Waals surface area contributed by atoms with Crippen LogP contribution in [0, 0.1) is 0 Å². The van der Waals surface area contributed by atoms with Crippen LogP contribution >= 0.6 is 0 Å². The molecule has 0 spiro atoms. The Bertz CT molecular complexity index is 348. The molecule has 1 aromatic carbocycles. The largest absolute Gasteiger partial charge is 0.508 e. The number of hydrogen-bond acceptors (Lipinski definition) is 3. The van der Waals surface area contributed by atoms with Gasteiger partial charge in [0.25, 0.3) is 0 Å². The van der Waals surface area contributed by atoms with E-state index in [1.54, 1.807) is 13.2 Å². The number of methoxy groups -OCH3 is 1. The van der Waals surface area contributed by atoms with E-state index in [-0.39, 0.29) is 6.04 Å². The van der Waals surface area contributed by atoms with Gasteiger partial charge in [0, 0.05) is 19.2 Å². The highest BCUT2D eigenvalue weighted by Crippen LogP contribution is 2.26. The van der Waals surface area contributed by atoms with Gasteiger partial charge in [0.05, 0.1) is 6.10 Å². The quantitative estimate of drug-likeness (QED) is 0.819. The highest BCUT2D eigenvalue weighted by Gasteiger charge is 2.29. The summed E-state index contributed by atoms with van der Waals surface area (Å²) in [4.78, 5) is 0. The minimum absolute atomic E-state index is 0.273. The first-order chi connectivity index (χ1) is 7.69. The lowest BCUT2D eigenvalue weighted by Crippen LogP contribution is -2.45. The maximum Gasteiger partial charge on any atom is 0.115 e. The van der Waals surface area contributed by atoms with Gasteiger partial charge in [-0.15, -0.1) is 0 Å². The SMILES string of the molecule is COC1CC(NC(C)c2cccc(O)c2)C1. The first-order valence-corrected chi connectivity index (χ1v) is 5.77. The van der Waals surface area contributed by atoms with Crippen molar-refractivity contribution in [1.82, 2.24) is 5.32 Å². The molecule has 1 aromatic rings. The van der Waals surface area contributed by atoms with Crippen molar-refractivity contribution in [2.24, 2.45) is 0 Å². The molecule has 3 nitrogen and oxygen atoms in total. The van der Waals surface area contributed by atoms with Gasteiger partial charge in [-0.2, -0.15) is 0 Å². The maximum atomic E-state index is 9.40. The molecule has 0 bridgehead atoms. The van der Waals surface area contributed by atoms with Gasteiger partial charge in [0.15, 0.2) is 0 Å². The highest BCUT2D eigenvalue weighted by molar-refractivity contribution is 5.29. The van der Waals surface area contributed by atoms with E-state index < -0.39 is 0 Å². The average Bonchev–Trinajstić information content (AvgIpc) is 2.22. The summed E-state index contributed by atoms with van der Waals surface area (Å²) in [6.07, 6.45) is 2.59. The van der Waals surface area contributed by atoms with Gasteiger partial charge in [0.1, 0.15) is 5.75 Å². The number of hydrogen-bond donors (Lipinski definition) is 2. The minimum atomic E-state index is 0.273. The molecule has 0 aromatic heterocycles. The van der Waals surface area contributed by atoms with Crippen molar-refractivity contribution in [3.63, 3.8) is 0 Å². The van der Waals surface area contributed by atoms with Crippen LogP contribution in [0.25, 0.3) is 0 Å². The Morgan fingerprint density at radius 2 is 2.19 bits per heavy atom. The van der Waals surface area contributed by atoms with Crippen LogP contribution in [0.5, 0.6) is 5.75 Å². The van der Waals surface area contributed by atoms with E-state index in [0.29, 0.717) is 17.9 Å². The second kappa shape index (κ2) is 4.85. The molecule has 0 radical (unpaired) electrons. The van der Waals surface area contributed by atoms with Crippen molar-refractivity contribution >= 4 is 0 Å². The predicted molar refractivity (Wildman–Crippen MR) is 63.5 cm³/mol. The molecule has 1 unspecified atom stereocenters. The van der Waals surface area contributed by atoms with Crippen molar-refractivity contribution < 1.29 is 9.84 Å². The van der Waals surface area contributed by atoms with E-state index in [0.717, 1.165) is 18.4 Å². The Kier molecular flexibility index (Phi) is 3.46. The molecular formula is C13H19NO2. The lowest BCUT2D eigenvalue weighted by Gasteiger charge is -2.36. The second-order valence-corrected chi connectivity index (χ2v) is 4.51. The molecule has 0 saturated heterocycles. The summed E-state index contributed by atoms with van der Waals surface area (Å²) >= 11 is 0. The number of rotatable bonds is 4. The van der Waals surface area contributed by atoms with Crippen LogP contribution in [0.4, 0.5) is 0 Å². The summed E-state index contributed by atoms with van der Waals surface area (Å²) < 4.78 is 5.24. The van der Waals surface area contributed by atoms with Crippen molar-refractivity contribution in [2.45, 2.75) is 38.0 Å². The van der Waals surface area contributed by atoms with E-state index in [2.05, 4.69) is 12.2 Å². The topological polar surface area (TPSA) is 41.5 Å². The summed E-state index contributed by atoms with van der Waals surface area (Å²) in [5.74, 6) is 0.328. The predicted octanol–water partition coefficient (Wildman–Crippen LogP) is 2.22. The van der Waals surface area contributed by atoms with Gasteiger partial charge in [-0.3, -0.25) is 0 Å². The van der Waals surface area contributed by atoms with E-state index in [9.17, 15) is 5.11 Å². The van der Waals surface area contributed by atoms with Gasteiger partial charge in [-0.05, 0) is 37.5 Å². The van der Waals surface area contributed by atoms with Crippen LogP contribution in [0.1, 0.15) is 31.4 Å². The van der Waals surface area contributed by atoms with Gasteiger partial charge >= 0.3 is 0 Å². The molecule has 0 heterocycles. The van der Waals surface area contributed by atoms with Gasteiger partial charge in [0.2, 0.25) is 0 Å². The monoisotopic (exact) mass is 221 g/mol. The molecule has 1 saturated carbocycles. The first kappa shape index (κ1) is 11.4. The normalized spacial score (nSPS) is 26.1. The number of phenols is 1. The maximum absolute atomic E-state index is 9.40. The number of phenolic OH excluding ortho intramolecular Hbond substituents is 1. The highest BCUT2D eigenvalue weighted by atomic mass is 16.5. The van der Waals surface area contributed by atoms with E-state index in [1.165, 1.54) is 0 Å². The molecule has 1 fully saturated rings.